The van der Waals surface area contributed by atoms with Crippen LogP contribution in [0, 0.1) is 5.82 Å². The molecule has 4 heterocycles. The normalized spacial score (nSPS) is 16.4. The molecule has 2 N–H and O–H groups in total. The van der Waals surface area contributed by atoms with Crippen LogP contribution in [0.1, 0.15) is 12.8 Å². The number of aromatic nitrogens is 3. The van der Waals surface area contributed by atoms with Gasteiger partial charge in [0.15, 0.2) is 0 Å². The van der Waals surface area contributed by atoms with Crippen molar-refractivity contribution in [3.63, 3.8) is 0 Å². The highest BCUT2D eigenvalue weighted by atomic mass is 19.1. The van der Waals surface area contributed by atoms with Gasteiger partial charge < -0.3 is 15.0 Å². The Balaban J connectivity index is 1.64. The van der Waals surface area contributed by atoms with Gasteiger partial charge in [-0.2, -0.15) is 0 Å². The van der Waals surface area contributed by atoms with Gasteiger partial charge in [-0.25, -0.2) is 4.39 Å². The fourth-order valence-electron chi connectivity index (χ4n) is 3.94. The Hall–Kier alpha value is -3.25. The quantitative estimate of drug-likeness (QED) is 0.526. The van der Waals surface area contributed by atoms with E-state index in [0.717, 1.165) is 40.8 Å². The molecule has 29 heavy (non-hydrogen) atoms. The third-order valence-electron chi connectivity index (χ3n) is 5.35. The summed E-state index contributed by atoms with van der Waals surface area (Å²) in [6.45, 7) is 1.60. The summed E-state index contributed by atoms with van der Waals surface area (Å²) in [6, 6.07) is 12.8. The number of hydrogen-bond donors (Lipinski definition) is 2. The lowest BCUT2D eigenvalue weighted by atomic mass is 10.00. The maximum atomic E-state index is 14.7. The Morgan fingerprint density at radius 2 is 2.00 bits per heavy atom. The lowest BCUT2D eigenvalue weighted by molar-refractivity contribution is 0.277. The first-order valence-electron chi connectivity index (χ1n) is 9.83. The number of aromatic amines is 1. The van der Waals surface area contributed by atoms with Crippen molar-refractivity contribution < 1.29 is 9.13 Å². The van der Waals surface area contributed by atoms with E-state index >= 15 is 0 Å². The summed E-state index contributed by atoms with van der Waals surface area (Å²) in [4.78, 5) is 12.2. The molecular weight excluding hydrogens is 367 g/mol. The van der Waals surface area contributed by atoms with Gasteiger partial charge in [0, 0.05) is 35.1 Å². The summed E-state index contributed by atoms with van der Waals surface area (Å²) >= 11 is 0. The van der Waals surface area contributed by atoms with Gasteiger partial charge in [0.25, 0.3) is 0 Å². The molecule has 5 rings (SSSR count). The highest BCUT2D eigenvalue weighted by Gasteiger charge is 2.22. The zero-order chi connectivity index (χ0) is 19.6. The monoisotopic (exact) mass is 388 g/mol. The molecule has 0 amide bonds. The van der Waals surface area contributed by atoms with Crippen LogP contribution in [0.5, 0.6) is 5.75 Å². The molecule has 1 aliphatic rings. The zero-order valence-electron chi connectivity index (χ0n) is 15.9. The van der Waals surface area contributed by atoms with Gasteiger partial charge in [0.05, 0.1) is 22.9 Å². The van der Waals surface area contributed by atoms with E-state index in [1.807, 2.05) is 24.3 Å². The lowest BCUT2D eigenvalue weighted by Gasteiger charge is -2.15. The number of nitrogens with zero attached hydrogens (tertiary/aromatic N) is 2. The summed E-state index contributed by atoms with van der Waals surface area (Å²) in [5.41, 5.74) is 4.44. The zero-order valence-corrected chi connectivity index (χ0v) is 15.9. The SMILES string of the molecule is Fc1ccccc1-c1c(-c2ccncc2OC[C@@H]2CCCN2)[nH]c2cccnc12. The van der Waals surface area contributed by atoms with Crippen molar-refractivity contribution in [2.75, 3.05) is 13.2 Å². The maximum Gasteiger partial charge on any atom is 0.146 e. The van der Waals surface area contributed by atoms with Crippen molar-refractivity contribution in [3.05, 3.63) is 66.9 Å². The van der Waals surface area contributed by atoms with E-state index in [4.69, 9.17) is 4.74 Å². The Labute approximate surface area is 168 Å². The molecule has 146 valence electrons. The molecular formula is C23H21FN4O. The fourth-order valence-corrected chi connectivity index (χ4v) is 3.94. The second kappa shape index (κ2) is 7.64. The Morgan fingerprint density at radius 3 is 2.86 bits per heavy atom. The molecule has 6 heteroatoms. The standard InChI is InChI=1S/C23H21FN4O/c24-18-7-2-1-6-16(18)21-22(28-19-8-4-11-27-23(19)21)17-9-12-25-13-20(17)29-14-15-5-3-10-26-15/h1-2,4,6-9,11-13,15,26,28H,3,5,10,14H2/t15-/m0/s1. The van der Waals surface area contributed by atoms with E-state index in [2.05, 4.69) is 20.3 Å². The minimum atomic E-state index is -0.285. The molecule has 0 saturated carbocycles. The van der Waals surface area contributed by atoms with Gasteiger partial charge in [0.2, 0.25) is 0 Å². The minimum Gasteiger partial charge on any atom is -0.490 e. The van der Waals surface area contributed by atoms with E-state index in [0.29, 0.717) is 24.0 Å². The second-order valence-corrected chi connectivity index (χ2v) is 7.23. The van der Waals surface area contributed by atoms with Gasteiger partial charge >= 0.3 is 0 Å². The van der Waals surface area contributed by atoms with Crippen LogP contribution in [0.2, 0.25) is 0 Å². The molecule has 1 saturated heterocycles. The molecule has 0 radical (unpaired) electrons. The molecule has 1 fully saturated rings. The molecule has 1 aliphatic heterocycles. The lowest BCUT2D eigenvalue weighted by Crippen LogP contribution is -2.28. The maximum absolute atomic E-state index is 14.7. The topological polar surface area (TPSA) is 62.8 Å². The van der Waals surface area contributed by atoms with E-state index in [1.165, 1.54) is 12.5 Å². The number of nitrogens with one attached hydrogen (secondary N) is 2. The smallest absolute Gasteiger partial charge is 0.146 e. The van der Waals surface area contributed by atoms with Gasteiger partial charge in [-0.15, -0.1) is 0 Å². The van der Waals surface area contributed by atoms with E-state index in [9.17, 15) is 4.39 Å². The van der Waals surface area contributed by atoms with Crippen molar-refractivity contribution in [2.24, 2.45) is 0 Å². The number of hydrogen-bond acceptors (Lipinski definition) is 4. The van der Waals surface area contributed by atoms with Gasteiger partial charge in [-0.1, -0.05) is 18.2 Å². The molecule has 3 aromatic heterocycles. The number of fused-ring (bicyclic) bond motifs is 1. The third kappa shape index (κ3) is 3.36. The van der Waals surface area contributed by atoms with Crippen LogP contribution in [-0.4, -0.2) is 34.1 Å². The third-order valence-corrected chi connectivity index (χ3v) is 5.35. The van der Waals surface area contributed by atoms with Crippen LogP contribution >= 0.6 is 0 Å². The summed E-state index contributed by atoms with van der Waals surface area (Å²) in [5.74, 6) is 0.386. The minimum absolute atomic E-state index is 0.285. The van der Waals surface area contributed by atoms with Crippen molar-refractivity contribution in [3.8, 4) is 28.1 Å². The summed E-state index contributed by atoms with van der Waals surface area (Å²) in [6.07, 6.45) is 7.43. The predicted molar refractivity (Wildman–Crippen MR) is 111 cm³/mol. The van der Waals surface area contributed by atoms with E-state index in [1.54, 1.807) is 30.7 Å². The first kappa shape index (κ1) is 17.8. The molecule has 1 aromatic carbocycles. The number of pyridine rings is 2. The van der Waals surface area contributed by atoms with Gasteiger partial charge in [-0.3, -0.25) is 9.97 Å². The highest BCUT2D eigenvalue weighted by molar-refractivity contribution is 6.02. The average Bonchev–Trinajstić information content (AvgIpc) is 3.41. The predicted octanol–water partition coefficient (Wildman–Crippen LogP) is 4.56. The number of H-pyrrole nitrogens is 1. The van der Waals surface area contributed by atoms with Crippen LogP contribution in [0.25, 0.3) is 33.4 Å². The van der Waals surface area contributed by atoms with Crippen molar-refractivity contribution in [1.29, 1.82) is 0 Å². The van der Waals surface area contributed by atoms with Crippen molar-refractivity contribution in [2.45, 2.75) is 18.9 Å². The molecule has 0 spiro atoms. The molecule has 0 aliphatic carbocycles. The van der Waals surface area contributed by atoms with Crippen LogP contribution in [0.15, 0.2) is 61.1 Å². The van der Waals surface area contributed by atoms with Crippen LogP contribution < -0.4 is 10.1 Å². The molecule has 0 unspecified atom stereocenters. The summed E-state index contributed by atoms with van der Waals surface area (Å²) in [7, 11) is 0. The highest BCUT2D eigenvalue weighted by Crippen LogP contribution is 2.41. The number of benzene rings is 1. The molecule has 0 bridgehead atoms. The van der Waals surface area contributed by atoms with E-state index in [-0.39, 0.29) is 5.82 Å². The van der Waals surface area contributed by atoms with Crippen LogP contribution in [0.4, 0.5) is 4.39 Å². The first-order chi connectivity index (χ1) is 14.3. The van der Waals surface area contributed by atoms with Crippen LogP contribution in [-0.2, 0) is 0 Å². The van der Waals surface area contributed by atoms with Gasteiger partial charge in [0.1, 0.15) is 18.2 Å². The molecule has 5 nitrogen and oxygen atoms in total. The van der Waals surface area contributed by atoms with E-state index < -0.39 is 0 Å². The number of halogens is 1. The summed E-state index contributed by atoms with van der Waals surface area (Å²) < 4.78 is 20.9. The number of ether oxygens (including phenoxy) is 1. The largest absolute Gasteiger partial charge is 0.490 e. The Kier molecular flexibility index (Phi) is 4.69. The number of rotatable bonds is 5. The first-order valence-corrected chi connectivity index (χ1v) is 9.83. The Morgan fingerprint density at radius 1 is 1.07 bits per heavy atom. The molecule has 4 aromatic rings. The average molecular weight is 388 g/mol. The van der Waals surface area contributed by atoms with Crippen molar-refractivity contribution >= 4 is 11.0 Å². The van der Waals surface area contributed by atoms with Crippen LogP contribution in [0.3, 0.4) is 0 Å². The fraction of sp³-hybridized carbons (Fsp3) is 0.217. The van der Waals surface area contributed by atoms with Crippen molar-refractivity contribution in [1.82, 2.24) is 20.3 Å². The van der Waals surface area contributed by atoms with Gasteiger partial charge in [-0.05, 0) is 43.7 Å². The second-order valence-electron chi connectivity index (χ2n) is 7.23. The molecule has 1 atom stereocenters. The Bertz CT molecular complexity index is 1150. The summed E-state index contributed by atoms with van der Waals surface area (Å²) in [5, 5.41) is 3.44.